The molecule has 22 heavy (non-hydrogen) atoms. The summed E-state index contributed by atoms with van der Waals surface area (Å²) in [5.41, 5.74) is 4.01. The number of allylic oxidation sites excluding steroid dienone is 1. The highest BCUT2D eigenvalue weighted by atomic mass is 16.1. The highest BCUT2D eigenvalue weighted by molar-refractivity contribution is 5.95. The largest absolute Gasteiger partial charge is 0.369 e. The lowest BCUT2D eigenvalue weighted by Crippen LogP contribution is -2.43. The van der Waals surface area contributed by atoms with Crippen LogP contribution < -0.4 is 10.6 Å². The van der Waals surface area contributed by atoms with Gasteiger partial charge in [0.1, 0.15) is 6.17 Å². The van der Waals surface area contributed by atoms with Crippen molar-refractivity contribution in [2.24, 2.45) is 0 Å². The van der Waals surface area contributed by atoms with Gasteiger partial charge in [-0.1, -0.05) is 60.7 Å². The van der Waals surface area contributed by atoms with Gasteiger partial charge in [0.25, 0.3) is 0 Å². The van der Waals surface area contributed by atoms with Crippen molar-refractivity contribution in [1.29, 1.82) is 0 Å². The van der Waals surface area contributed by atoms with Crippen LogP contribution in [0.5, 0.6) is 0 Å². The van der Waals surface area contributed by atoms with E-state index in [0.29, 0.717) is 0 Å². The molecule has 0 radical (unpaired) electrons. The van der Waals surface area contributed by atoms with Crippen LogP contribution in [0.15, 0.2) is 71.9 Å². The van der Waals surface area contributed by atoms with Crippen molar-refractivity contribution in [3.8, 4) is 0 Å². The SMILES string of the molecule is CC(=O)C1=C(C)N[C@@H](c2ccccc2)N[C@@H]1c1ccccc1. The second-order valence-corrected chi connectivity index (χ2v) is 5.59. The molecule has 0 saturated heterocycles. The summed E-state index contributed by atoms with van der Waals surface area (Å²) < 4.78 is 0. The predicted molar refractivity (Wildman–Crippen MR) is 88.0 cm³/mol. The lowest BCUT2D eigenvalue weighted by Gasteiger charge is -2.35. The molecule has 3 rings (SSSR count). The van der Waals surface area contributed by atoms with Gasteiger partial charge in [0.15, 0.2) is 5.78 Å². The molecule has 2 aromatic rings. The van der Waals surface area contributed by atoms with E-state index in [9.17, 15) is 4.79 Å². The molecule has 3 heteroatoms. The van der Waals surface area contributed by atoms with E-state index in [4.69, 9.17) is 0 Å². The molecule has 0 amide bonds. The zero-order valence-electron chi connectivity index (χ0n) is 12.8. The Morgan fingerprint density at radius 1 is 0.909 bits per heavy atom. The maximum Gasteiger partial charge on any atom is 0.159 e. The minimum Gasteiger partial charge on any atom is -0.369 e. The number of ketones is 1. The fraction of sp³-hybridized carbons (Fsp3) is 0.211. The standard InChI is InChI=1S/C19H20N2O/c1-13-17(14(2)22)18(15-9-5-3-6-10-15)21-19(20-13)16-11-7-4-8-12-16/h3-12,18-21H,1-2H3/t18-,19-/m1/s1. The first-order chi connectivity index (χ1) is 10.7. The molecular formula is C19H20N2O. The highest BCUT2D eigenvalue weighted by Crippen LogP contribution is 2.31. The average Bonchev–Trinajstić information content (AvgIpc) is 2.55. The molecule has 3 nitrogen and oxygen atoms in total. The van der Waals surface area contributed by atoms with Gasteiger partial charge in [-0.2, -0.15) is 0 Å². The molecule has 0 fully saturated rings. The number of hydrogen-bond donors (Lipinski definition) is 2. The Labute approximate surface area is 131 Å². The second-order valence-electron chi connectivity index (χ2n) is 5.59. The minimum absolute atomic E-state index is 0.00509. The number of carbonyl (C=O) groups excluding carboxylic acids is 1. The van der Waals surface area contributed by atoms with E-state index in [1.54, 1.807) is 6.92 Å². The summed E-state index contributed by atoms with van der Waals surface area (Å²) in [6.45, 7) is 3.60. The quantitative estimate of drug-likeness (QED) is 0.910. The first-order valence-corrected chi connectivity index (χ1v) is 7.51. The van der Waals surface area contributed by atoms with E-state index < -0.39 is 0 Å². The van der Waals surface area contributed by atoms with Crippen LogP contribution in [0.25, 0.3) is 0 Å². The topological polar surface area (TPSA) is 41.1 Å². The molecular weight excluding hydrogens is 272 g/mol. The molecule has 1 aliphatic rings. The van der Waals surface area contributed by atoms with Gasteiger partial charge in [0.05, 0.1) is 6.04 Å². The Morgan fingerprint density at radius 2 is 1.45 bits per heavy atom. The van der Waals surface area contributed by atoms with Gasteiger partial charge in [-0.15, -0.1) is 0 Å². The summed E-state index contributed by atoms with van der Waals surface area (Å²) in [5, 5.41) is 6.97. The normalized spacial score (nSPS) is 21.4. The van der Waals surface area contributed by atoms with Crippen molar-refractivity contribution in [2.75, 3.05) is 0 Å². The highest BCUT2D eigenvalue weighted by Gasteiger charge is 2.30. The Bertz CT molecular complexity index is 692. The lowest BCUT2D eigenvalue weighted by atomic mass is 9.91. The van der Waals surface area contributed by atoms with Crippen molar-refractivity contribution in [2.45, 2.75) is 26.1 Å². The van der Waals surface area contributed by atoms with Crippen LogP contribution in [0.1, 0.15) is 37.2 Å². The maximum atomic E-state index is 12.1. The molecule has 0 unspecified atom stereocenters. The number of hydrogen-bond acceptors (Lipinski definition) is 3. The molecule has 0 aromatic heterocycles. The van der Waals surface area contributed by atoms with Gasteiger partial charge in [0, 0.05) is 11.3 Å². The molecule has 2 aromatic carbocycles. The van der Waals surface area contributed by atoms with E-state index in [1.165, 1.54) is 0 Å². The number of rotatable bonds is 3. The van der Waals surface area contributed by atoms with Gasteiger partial charge in [-0.05, 0) is 25.0 Å². The lowest BCUT2D eigenvalue weighted by molar-refractivity contribution is -0.114. The number of carbonyl (C=O) groups is 1. The third-order valence-corrected chi connectivity index (χ3v) is 4.03. The second kappa shape index (κ2) is 6.16. The predicted octanol–water partition coefficient (Wildman–Crippen LogP) is 3.48. The van der Waals surface area contributed by atoms with Crippen molar-refractivity contribution in [1.82, 2.24) is 10.6 Å². The fourth-order valence-electron chi connectivity index (χ4n) is 3.00. The third kappa shape index (κ3) is 2.81. The van der Waals surface area contributed by atoms with Gasteiger partial charge in [-0.3, -0.25) is 10.1 Å². The van der Waals surface area contributed by atoms with Crippen LogP contribution in [0.2, 0.25) is 0 Å². The van der Waals surface area contributed by atoms with Gasteiger partial charge >= 0.3 is 0 Å². The number of nitrogens with one attached hydrogen (secondary N) is 2. The molecule has 1 heterocycles. The minimum atomic E-state index is -0.0924. The molecule has 2 N–H and O–H groups in total. The first-order valence-electron chi connectivity index (χ1n) is 7.51. The zero-order chi connectivity index (χ0) is 15.5. The molecule has 0 bridgehead atoms. The maximum absolute atomic E-state index is 12.1. The Morgan fingerprint density at radius 3 is 2.00 bits per heavy atom. The summed E-state index contributed by atoms with van der Waals surface area (Å²) in [5.74, 6) is 0.0952. The van der Waals surface area contributed by atoms with Crippen molar-refractivity contribution < 1.29 is 4.79 Å². The molecule has 0 aliphatic carbocycles. The van der Waals surface area contributed by atoms with Crippen LogP contribution in [-0.4, -0.2) is 5.78 Å². The molecule has 0 saturated carbocycles. The van der Waals surface area contributed by atoms with E-state index in [0.717, 1.165) is 22.4 Å². The Balaban J connectivity index is 2.01. The molecule has 0 spiro atoms. The van der Waals surface area contributed by atoms with Crippen LogP contribution in [0.4, 0.5) is 0 Å². The summed E-state index contributed by atoms with van der Waals surface area (Å²) >= 11 is 0. The molecule has 1 aliphatic heterocycles. The average molecular weight is 292 g/mol. The van der Waals surface area contributed by atoms with Crippen molar-refractivity contribution in [3.05, 3.63) is 83.1 Å². The fourth-order valence-corrected chi connectivity index (χ4v) is 3.00. The summed E-state index contributed by atoms with van der Waals surface area (Å²) in [4.78, 5) is 12.1. The number of Topliss-reactive ketones (excluding diaryl/α,β-unsaturated/α-hetero) is 1. The van der Waals surface area contributed by atoms with Gasteiger partial charge in [-0.25, -0.2) is 0 Å². The van der Waals surface area contributed by atoms with Crippen molar-refractivity contribution in [3.63, 3.8) is 0 Å². The van der Waals surface area contributed by atoms with Crippen LogP contribution in [0.3, 0.4) is 0 Å². The zero-order valence-corrected chi connectivity index (χ0v) is 12.8. The summed E-state index contributed by atoms with van der Waals surface area (Å²) in [6.07, 6.45) is -0.00509. The van der Waals surface area contributed by atoms with E-state index >= 15 is 0 Å². The monoisotopic (exact) mass is 292 g/mol. The Kier molecular flexibility index (Phi) is 4.07. The van der Waals surface area contributed by atoms with Crippen molar-refractivity contribution >= 4 is 5.78 Å². The van der Waals surface area contributed by atoms with Crippen LogP contribution in [0, 0.1) is 0 Å². The summed E-state index contributed by atoms with van der Waals surface area (Å²) in [6, 6.07) is 20.2. The van der Waals surface area contributed by atoms with Gasteiger partial charge in [0.2, 0.25) is 0 Å². The van der Waals surface area contributed by atoms with Crippen LogP contribution in [-0.2, 0) is 4.79 Å². The van der Waals surface area contributed by atoms with E-state index in [2.05, 4.69) is 34.9 Å². The van der Waals surface area contributed by atoms with Gasteiger partial charge < -0.3 is 5.32 Å². The molecule has 112 valence electrons. The molecule has 2 atom stereocenters. The smallest absolute Gasteiger partial charge is 0.159 e. The summed E-state index contributed by atoms with van der Waals surface area (Å²) in [7, 11) is 0. The third-order valence-electron chi connectivity index (χ3n) is 4.03. The van der Waals surface area contributed by atoms with E-state index in [-0.39, 0.29) is 18.0 Å². The number of benzene rings is 2. The first kappa shape index (κ1) is 14.5. The van der Waals surface area contributed by atoms with E-state index in [1.807, 2.05) is 43.3 Å². The Hall–Kier alpha value is -2.39. The van der Waals surface area contributed by atoms with Crippen LogP contribution >= 0.6 is 0 Å².